The molecule has 0 saturated heterocycles. The third kappa shape index (κ3) is 3.65. The van der Waals surface area contributed by atoms with Crippen molar-refractivity contribution in [1.82, 2.24) is 0 Å². The van der Waals surface area contributed by atoms with Gasteiger partial charge in [0.05, 0.1) is 16.3 Å². The second kappa shape index (κ2) is 5.73. The molecule has 0 atom stereocenters. The molecule has 3 N–H and O–H groups in total. The molecule has 4 nitrogen and oxygen atoms in total. The van der Waals surface area contributed by atoms with Crippen molar-refractivity contribution in [3.8, 4) is 0 Å². The first-order valence-electron chi connectivity index (χ1n) is 5.94. The lowest BCUT2D eigenvalue weighted by Gasteiger charge is -2.10. The van der Waals surface area contributed by atoms with E-state index >= 15 is 0 Å². The summed E-state index contributed by atoms with van der Waals surface area (Å²) in [7, 11) is -3.24. The number of rotatable bonds is 4. The zero-order valence-corrected chi connectivity index (χ0v) is 12.5. The maximum absolute atomic E-state index is 11.4. The SMILES string of the molecule is CS(=O)(=O)c1ccc(NCc2ccc(Cl)cc2)c(N)c1. The van der Waals surface area contributed by atoms with Crippen molar-refractivity contribution >= 4 is 32.8 Å². The Morgan fingerprint density at radius 2 is 1.80 bits per heavy atom. The predicted octanol–water partition coefficient (Wildman–Crippen LogP) is 2.94. The highest BCUT2D eigenvalue weighted by molar-refractivity contribution is 7.90. The molecule has 2 aromatic rings. The molecule has 20 heavy (non-hydrogen) atoms. The van der Waals surface area contributed by atoms with Crippen molar-refractivity contribution in [3.05, 3.63) is 53.1 Å². The minimum atomic E-state index is -3.24. The lowest BCUT2D eigenvalue weighted by molar-refractivity contribution is 0.602. The van der Waals surface area contributed by atoms with Crippen molar-refractivity contribution in [1.29, 1.82) is 0 Å². The van der Waals surface area contributed by atoms with Crippen molar-refractivity contribution in [2.45, 2.75) is 11.4 Å². The number of hydrogen-bond acceptors (Lipinski definition) is 4. The van der Waals surface area contributed by atoms with Crippen LogP contribution in [-0.2, 0) is 16.4 Å². The van der Waals surface area contributed by atoms with Crippen LogP contribution in [0.2, 0.25) is 5.02 Å². The third-order valence-electron chi connectivity index (χ3n) is 2.85. The van der Waals surface area contributed by atoms with Crippen molar-refractivity contribution in [2.24, 2.45) is 0 Å². The minimum Gasteiger partial charge on any atom is -0.397 e. The smallest absolute Gasteiger partial charge is 0.175 e. The average molecular weight is 311 g/mol. The van der Waals surface area contributed by atoms with Gasteiger partial charge in [0, 0.05) is 17.8 Å². The topological polar surface area (TPSA) is 72.2 Å². The van der Waals surface area contributed by atoms with Gasteiger partial charge in [-0.3, -0.25) is 0 Å². The van der Waals surface area contributed by atoms with Crippen LogP contribution in [0.1, 0.15) is 5.56 Å². The van der Waals surface area contributed by atoms with E-state index in [1.807, 2.05) is 24.3 Å². The van der Waals surface area contributed by atoms with E-state index in [9.17, 15) is 8.42 Å². The molecule has 0 saturated carbocycles. The maximum Gasteiger partial charge on any atom is 0.175 e. The summed E-state index contributed by atoms with van der Waals surface area (Å²) in [5, 5.41) is 3.85. The first-order valence-corrected chi connectivity index (χ1v) is 8.21. The predicted molar refractivity (Wildman–Crippen MR) is 82.7 cm³/mol. The maximum atomic E-state index is 11.4. The Morgan fingerprint density at radius 1 is 1.15 bits per heavy atom. The fourth-order valence-corrected chi connectivity index (χ4v) is 2.51. The molecule has 2 rings (SSSR count). The van der Waals surface area contributed by atoms with Gasteiger partial charge < -0.3 is 11.1 Å². The van der Waals surface area contributed by atoms with Gasteiger partial charge in [-0.25, -0.2) is 8.42 Å². The molecule has 0 unspecified atom stereocenters. The Labute approximate surface area is 123 Å². The Balaban J connectivity index is 2.12. The Kier molecular flexibility index (Phi) is 4.20. The van der Waals surface area contributed by atoms with Crippen LogP contribution in [0.15, 0.2) is 47.4 Å². The third-order valence-corrected chi connectivity index (χ3v) is 4.21. The van der Waals surface area contributed by atoms with E-state index in [1.54, 1.807) is 6.07 Å². The van der Waals surface area contributed by atoms with E-state index in [2.05, 4.69) is 5.32 Å². The summed E-state index contributed by atoms with van der Waals surface area (Å²) in [5.74, 6) is 0. The van der Waals surface area contributed by atoms with Gasteiger partial charge in [0.15, 0.2) is 9.84 Å². The van der Waals surface area contributed by atoms with Gasteiger partial charge in [-0.2, -0.15) is 0 Å². The standard InChI is InChI=1S/C14H15ClN2O2S/c1-20(18,19)12-6-7-14(13(16)8-12)17-9-10-2-4-11(15)5-3-10/h2-8,17H,9,16H2,1H3. The summed E-state index contributed by atoms with van der Waals surface area (Å²) in [6, 6.07) is 12.1. The lowest BCUT2D eigenvalue weighted by atomic mass is 10.2. The van der Waals surface area contributed by atoms with E-state index in [1.165, 1.54) is 12.1 Å². The zero-order chi connectivity index (χ0) is 14.8. The van der Waals surface area contributed by atoms with Crippen molar-refractivity contribution in [3.63, 3.8) is 0 Å². The minimum absolute atomic E-state index is 0.215. The fourth-order valence-electron chi connectivity index (χ4n) is 1.73. The molecular formula is C14H15ClN2O2S. The normalized spacial score (nSPS) is 11.3. The summed E-state index contributed by atoms with van der Waals surface area (Å²) in [5.41, 5.74) is 8.02. The molecule has 0 aromatic heterocycles. The largest absolute Gasteiger partial charge is 0.397 e. The summed E-state index contributed by atoms with van der Waals surface area (Å²) >= 11 is 5.82. The van der Waals surface area contributed by atoms with Crippen LogP contribution in [0.3, 0.4) is 0 Å². The van der Waals surface area contributed by atoms with Crippen LogP contribution in [0.5, 0.6) is 0 Å². The zero-order valence-electron chi connectivity index (χ0n) is 10.9. The second-order valence-electron chi connectivity index (χ2n) is 4.50. The number of nitrogens with one attached hydrogen (secondary N) is 1. The molecular weight excluding hydrogens is 296 g/mol. The van der Waals surface area contributed by atoms with Crippen LogP contribution in [0.4, 0.5) is 11.4 Å². The molecule has 0 spiro atoms. The first-order chi connectivity index (χ1) is 9.36. The molecule has 2 aromatic carbocycles. The van der Waals surface area contributed by atoms with Gasteiger partial charge in [-0.15, -0.1) is 0 Å². The molecule has 0 aliphatic heterocycles. The Hall–Kier alpha value is -1.72. The highest BCUT2D eigenvalue weighted by Crippen LogP contribution is 2.23. The Bertz CT molecular complexity index is 712. The van der Waals surface area contributed by atoms with Crippen LogP contribution < -0.4 is 11.1 Å². The van der Waals surface area contributed by atoms with Crippen molar-refractivity contribution in [2.75, 3.05) is 17.3 Å². The molecule has 106 valence electrons. The quantitative estimate of drug-likeness (QED) is 0.852. The molecule has 6 heteroatoms. The molecule has 0 bridgehead atoms. The Morgan fingerprint density at radius 3 is 2.35 bits per heavy atom. The number of sulfone groups is 1. The van der Waals surface area contributed by atoms with Crippen LogP contribution in [0.25, 0.3) is 0 Å². The number of benzene rings is 2. The van der Waals surface area contributed by atoms with E-state index in [0.717, 1.165) is 11.8 Å². The van der Waals surface area contributed by atoms with E-state index in [0.29, 0.717) is 22.9 Å². The van der Waals surface area contributed by atoms with E-state index < -0.39 is 9.84 Å². The molecule has 0 amide bonds. The van der Waals surface area contributed by atoms with Crippen LogP contribution in [0, 0.1) is 0 Å². The van der Waals surface area contributed by atoms with Crippen LogP contribution >= 0.6 is 11.6 Å². The molecule has 0 aliphatic carbocycles. The van der Waals surface area contributed by atoms with Crippen molar-refractivity contribution < 1.29 is 8.42 Å². The number of hydrogen-bond donors (Lipinski definition) is 2. The summed E-state index contributed by atoms with van der Waals surface area (Å²) in [6.45, 7) is 0.583. The van der Waals surface area contributed by atoms with E-state index in [4.69, 9.17) is 17.3 Å². The van der Waals surface area contributed by atoms with Gasteiger partial charge in [0.2, 0.25) is 0 Å². The lowest BCUT2D eigenvalue weighted by Crippen LogP contribution is -2.04. The number of nitrogens with two attached hydrogens (primary N) is 1. The molecule has 0 fully saturated rings. The number of anilines is 2. The molecule has 0 heterocycles. The van der Waals surface area contributed by atoms with Crippen LogP contribution in [-0.4, -0.2) is 14.7 Å². The number of halogens is 1. The fraction of sp³-hybridized carbons (Fsp3) is 0.143. The highest BCUT2D eigenvalue weighted by Gasteiger charge is 2.09. The highest BCUT2D eigenvalue weighted by atomic mass is 35.5. The number of nitrogen functional groups attached to an aromatic ring is 1. The van der Waals surface area contributed by atoms with Gasteiger partial charge in [0.25, 0.3) is 0 Å². The second-order valence-corrected chi connectivity index (χ2v) is 6.95. The van der Waals surface area contributed by atoms with Gasteiger partial charge in [-0.05, 0) is 35.9 Å². The summed E-state index contributed by atoms with van der Waals surface area (Å²) < 4.78 is 22.8. The average Bonchev–Trinajstić information content (AvgIpc) is 2.38. The summed E-state index contributed by atoms with van der Waals surface area (Å²) in [4.78, 5) is 0.215. The van der Waals surface area contributed by atoms with Gasteiger partial charge in [0.1, 0.15) is 0 Å². The van der Waals surface area contributed by atoms with Gasteiger partial charge in [-0.1, -0.05) is 23.7 Å². The molecule has 0 radical (unpaired) electrons. The molecule has 0 aliphatic rings. The summed E-state index contributed by atoms with van der Waals surface area (Å²) in [6.07, 6.45) is 1.16. The van der Waals surface area contributed by atoms with Gasteiger partial charge >= 0.3 is 0 Å². The van der Waals surface area contributed by atoms with E-state index in [-0.39, 0.29) is 4.90 Å². The first kappa shape index (κ1) is 14.7. The monoisotopic (exact) mass is 310 g/mol.